The van der Waals surface area contributed by atoms with Crippen molar-refractivity contribution in [3.8, 4) is 0 Å². The van der Waals surface area contributed by atoms with Gasteiger partial charge in [0, 0.05) is 17.5 Å². The second-order valence-corrected chi connectivity index (χ2v) is 9.65. The smallest absolute Gasteiger partial charge is 0.264 e. The van der Waals surface area contributed by atoms with Gasteiger partial charge in [0.05, 0.1) is 16.6 Å². The van der Waals surface area contributed by atoms with Crippen molar-refractivity contribution in [2.24, 2.45) is 0 Å². The fourth-order valence-electron chi connectivity index (χ4n) is 2.97. The molecule has 0 aliphatic rings. The lowest BCUT2D eigenvalue weighted by atomic mass is 10.1. The van der Waals surface area contributed by atoms with Crippen LogP contribution in [0.4, 0.5) is 5.69 Å². The van der Waals surface area contributed by atoms with Crippen LogP contribution < -0.4 is 9.62 Å². The number of carbonyl (C=O) groups is 1. The van der Waals surface area contributed by atoms with Gasteiger partial charge in [0.25, 0.3) is 15.9 Å². The van der Waals surface area contributed by atoms with Gasteiger partial charge in [0.15, 0.2) is 0 Å². The molecule has 7 heteroatoms. The molecule has 0 unspecified atom stereocenters. The molecule has 5 nitrogen and oxygen atoms in total. The third-order valence-electron chi connectivity index (χ3n) is 4.86. The fourth-order valence-corrected chi connectivity index (χ4v) is 4.58. The molecule has 0 aliphatic carbocycles. The highest BCUT2D eigenvalue weighted by Crippen LogP contribution is 2.24. The van der Waals surface area contributed by atoms with Crippen LogP contribution in [0.1, 0.15) is 28.9 Å². The molecule has 3 rings (SSSR count). The quantitative estimate of drug-likeness (QED) is 0.540. The van der Waals surface area contributed by atoms with E-state index in [2.05, 4.69) is 5.32 Å². The highest BCUT2D eigenvalue weighted by atomic mass is 32.2. The van der Waals surface area contributed by atoms with Gasteiger partial charge in [-0.25, -0.2) is 8.42 Å². The van der Waals surface area contributed by atoms with Crippen LogP contribution in [0.5, 0.6) is 0 Å². The molecule has 0 radical (unpaired) electrons. The van der Waals surface area contributed by atoms with Crippen LogP contribution in [0, 0.1) is 0 Å². The first-order chi connectivity index (χ1) is 14.3. The van der Waals surface area contributed by atoms with Crippen molar-refractivity contribution < 1.29 is 13.2 Å². The minimum atomic E-state index is -3.68. The number of anilines is 1. The first kappa shape index (κ1) is 21.9. The Bertz CT molecular complexity index is 1100. The van der Waals surface area contributed by atoms with Crippen LogP contribution in [-0.4, -0.2) is 27.6 Å². The third-order valence-corrected chi connectivity index (χ3v) is 7.40. The molecule has 0 saturated heterocycles. The van der Waals surface area contributed by atoms with Crippen molar-refractivity contribution in [1.82, 2.24) is 5.32 Å². The monoisotopic (exact) mass is 440 g/mol. The zero-order valence-corrected chi connectivity index (χ0v) is 18.7. The maximum Gasteiger partial charge on any atom is 0.264 e. The second kappa shape index (κ2) is 9.36. The molecule has 0 spiro atoms. The van der Waals surface area contributed by atoms with Gasteiger partial charge in [-0.15, -0.1) is 11.8 Å². The summed E-state index contributed by atoms with van der Waals surface area (Å²) in [6.07, 6.45) is 1.94. The Labute approximate surface area is 182 Å². The topological polar surface area (TPSA) is 66.5 Å². The zero-order chi connectivity index (χ0) is 21.7. The lowest BCUT2D eigenvalue weighted by molar-refractivity contribution is 0.0940. The largest absolute Gasteiger partial charge is 0.346 e. The van der Waals surface area contributed by atoms with E-state index in [9.17, 15) is 13.2 Å². The summed E-state index contributed by atoms with van der Waals surface area (Å²) in [5.41, 5.74) is 1.97. The van der Waals surface area contributed by atoms with Crippen molar-refractivity contribution in [3.63, 3.8) is 0 Å². The summed E-state index contributed by atoms with van der Waals surface area (Å²) < 4.78 is 27.0. The number of benzene rings is 3. The van der Waals surface area contributed by atoms with E-state index in [4.69, 9.17) is 0 Å². The first-order valence-corrected chi connectivity index (χ1v) is 12.1. The van der Waals surface area contributed by atoms with E-state index in [0.717, 1.165) is 10.5 Å². The van der Waals surface area contributed by atoms with Gasteiger partial charge in [-0.3, -0.25) is 9.10 Å². The molecule has 0 saturated carbocycles. The van der Waals surface area contributed by atoms with Gasteiger partial charge in [0.2, 0.25) is 0 Å². The average Bonchev–Trinajstić information content (AvgIpc) is 2.79. The summed E-state index contributed by atoms with van der Waals surface area (Å²) in [4.78, 5) is 13.8. The van der Waals surface area contributed by atoms with E-state index < -0.39 is 10.0 Å². The normalized spacial score (nSPS) is 12.2. The number of carbonyl (C=O) groups excluding carboxylic acids is 1. The maximum absolute atomic E-state index is 12.9. The zero-order valence-electron chi connectivity index (χ0n) is 17.1. The van der Waals surface area contributed by atoms with Gasteiger partial charge in [-0.1, -0.05) is 30.3 Å². The van der Waals surface area contributed by atoms with E-state index in [1.165, 1.54) is 11.4 Å². The molecule has 0 aliphatic heterocycles. The van der Waals surface area contributed by atoms with Gasteiger partial charge in [0.1, 0.15) is 0 Å². The Kier molecular flexibility index (Phi) is 6.84. The molecule has 156 valence electrons. The number of sulfonamides is 1. The molecule has 3 aromatic rings. The highest BCUT2D eigenvalue weighted by Gasteiger charge is 2.21. The van der Waals surface area contributed by atoms with Crippen LogP contribution in [0.2, 0.25) is 0 Å². The SMILES string of the molecule is CSc1ccc(S(=O)(=O)N(C)c2ccc(C(=O)N[C@H](C)c3ccccc3)cc2)cc1. The number of nitrogens with zero attached hydrogens (tertiary/aromatic N) is 1. The Morgan fingerprint density at radius 3 is 2.10 bits per heavy atom. The van der Waals surface area contributed by atoms with Crippen LogP contribution in [0.15, 0.2) is 88.7 Å². The van der Waals surface area contributed by atoms with Crippen molar-refractivity contribution >= 4 is 33.4 Å². The predicted octanol–water partition coefficient (Wildman–Crippen LogP) is 4.72. The first-order valence-electron chi connectivity index (χ1n) is 9.42. The standard InChI is InChI=1S/C23H24N2O3S2/c1-17(18-7-5-4-6-8-18)24-23(26)19-9-11-20(12-10-19)25(2)30(27,28)22-15-13-21(29-3)14-16-22/h4-17H,1-3H3,(H,24,26)/t17-/m1/s1. The number of hydrogen-bond acceptors (Lipinski definition) is 4. The third kappa shape index (κ3) is 4.86. The molecule has 1 N–H and O–H groups in total. The number of rotatable bonds is 7. The molecule has 30 heavy (non-hydrogen) atoms. The van der Waals surface area contributed by atoms with Gasteiger partial charge >= 0.3 is 0 Å². The summed E-state index contributed by atoms with van der Waals surface area (Å²) in [5.74, 6) is -0.212. The lowest BCUT2D eigenvalue weighted by Crippen LogP contribution is -2.28. The number of amides is 1. The second-order valence-electron chi connectivity index (χ2n) is 6.80. The lowest BCUT2D eigenvalue weighted by Gasteiger charge is -2.20. The Balaban J connectivity index is 1.73. The molecule has 0 aromatic heterocycles. The summed E-state index contributed by atoms with van der Waals surface area (Å²) in [6.45, 7) is 1.92. The maximum atomic E-state index is 12.9. The van der Waals surface area contributed by atoms with Crippen molar-refractivity contribution in [2.75, 3.05) is 17.6 Å². The molecule has 3 aromatic carbocycles. The molecule has 0 heterocycles. The molecule has 0 bridgehead atoms. The van der Waals surface area contributed by atoms with Gasteiger partial charge < -0.3 is 5.32 Å². The molecule has 1 amide bonds. The van der Waals surface area contributed by atoms with Crippen molar-refractivity contribution in [1.29, 1.82) is 0 Å². The average molecular weight is 441 g/mol. The summed E-state index contributed by atoms with van der Waals surface area (Å²) in [6, 6.07) is 22.9. The van der Waals surface area contributed by atoms with Gasteiger partial charge in [-0.05, 0) is 67.3 Å². The van der Waals surface area contributed by atoms with E-state index in [-0.39, 0.29) is 16.8 Å². The number of nitrogens with one attached hydrogen (secondary N) is 1. The Hall–Kier alpha value is -2.77. The van der Waals surface area contributed by atoms with E-state index in [1.807, 2.05) is 43.5 Å². The molecular weight excluding hydrogens is 416 g/mol. The highest BCUT2D eigenvalue weighted by molar-refractivity contribution is 7.98. The summed E-state index contributed by atoms with van der Waals surface area (Å²) in [5, 5.41) is 2.96. The van der Waals surface area contributed by atoms with Crippen molar-refractivity contribution in [2.45, 2.75) is 22.8 Å². The van der Waals surface area contributed by atoms with Crippen LogP contribution in [-0.2, 0) is 10.0 Å². The van der Waals surface area contributed by atoms with Gasteiger partial charge in [-0.2, -0.15) is 0 Å². The molecular formula is C23H24N2O3S2. The molecule has 0 fully saturated rings. The van der Waals surface area contributed by atoms with Crippen LogP contribution in [0.3, 0.4) is 0 Å². The van der Waals surface area contributed by atoms with Crippen LogP contribution in [0.25, 0.3) is 0 Å². The van der Waals surface area contributed by atoms with E-state index in [0.29, 0.717) is 11.3 Å². The molecule has 1 atom stereocenters. The van der Waals surface area contributed by atoms with E-state index in [1.54, 1.807) is 60.3 Å². The number of hydrogen-bond donors (Lipinski definition) is 1. The van der Waals surface area contributed by atoms with Crippen LogP contribution >= 0.6 is 11.8 Å². The van der Waals surface area contributed by atoms with Crippen molar-refractivity contribution in [3.05, 3.63) is 90.0 Å². The minimum Gasteiger partial charge on any atom is -0.346 e. The van der Waals surface area contributed by atoms with E-state index >= 15 is 0 Å². The summed E-state index contributed by atoms with van der Waals surface area (Å²) >= 11 is 1.55. The summed E-state index contributed by atoms with van der Waals surface area (Å²) in [7, 11) is -2.18. The number of thioether (sulfide) groups is 1. The Morgan fingerprint density at radius 1 is 0.933 bits per heavy atom. The minimum absolute atomic E-state index is 0.134. The fraction of sp³-hybridized carbons (Fsp3) is 0.174. The Morgan fingerprint density at radius 2 is 1.53 bits per heavy atom. The predicted molar refractivity (Wildman–Crippen MR) is 123 cm³/mol.